The quantitative estimate of drug-likeness (QED) is 0.297. The fourth-order valence-electron chi connectivity index (χ4n) is 0. The van der Waals surface area contributed by atoms with Crippen molar-refractivity contribution in [2.45, 2.75) is 0 Å². The van der Waals surface area contributed by atoms with E-state index in [1.165, 1.54) is 0 Å². The van der Waals surface area contributed by atoms with Crippen LogP contribution in [0.3, 0.4) is 0 Å². The Labute approximate surface area is 101 Å². The summed E-state index contributed by atoms with van der Waals surface area (Å²) in [5.41, 5.74) is 0. The summed E-state index contributed by atoms with van der Waals surface area (Å²) in [5, 5.41) is 0. The number of hydrogen-bond acceptors (Lipinski definition) is 0. The third kappa shape index (κ3) is 24.3. The summed E-state index contributed by atoms with van der Waals surface area (Å²) in [7, 11) is 0. The molecule has 30 valence electrons. The van der Waals surface area contributed by atoms with Gasteiger partial charge in [-0.2, -0.15) is 0 Å². The molecule has 0 aliphatic carbocycles. The Hall–Kier alpha value is 4.10. The van der Waals surface area contributed by atoms with Crippen molar-refractivity contribution in [1.29, 1.82) is 0 Å². The van der Waals surface area contributed by atoms with Crippen molar-refractivity contribution in [3.05, 3.63) is 0 Å². The fourth-order valence-corrected chi connectivity index (χ4v) is 0. The second-order valence-electron chi connectivity index (χ2n) is 0. The molecule has 6 heavy (non-hydrogen) atoms. The van der Waals surface area contributed by atoms with Crippen molar-refractivity contribution >= 4 is 104 Å². The monoisotopic (exact) mass is 587 g/mol. The topological polar surface area (TPSA) is 0 Å². The molecule has 0 saturated heterocycles. The van der Waals surface area contributed by atoms with Gasteiger partial charge in [-0.25, -0.2) is 0 Å². The zero-order valence-corrected chi connectivity index (χ0v) is 16.6. The Bertz CT molecular complexity index is 6.00. The molecule has 0 aliphatic heterocycles. The predicted octanol–water partition coefficient (Wildman–Crippen LogP) is 1.51. The van der Waals surface area contributed by atoms with Crippen LogP contribution in [0.1, 0.15) is 0 Å². The van der Waals surface area contributed by atoms with Gasteiger partial charge < -0.3 is 0 Å². The second-order valence-corrected chi connectivity index (χ2v) is 0. The van der Waals surface area contributed by atoms with E-state index in [-0.39, 0.29) is 0 Å². The van der Waals surface area contributed by atoms with Crippen molar-refractivity contribution < 1.29 is 0 Å². The SMILES string of the molecule is [Ga][I].[Ga][I].[Ga][I]. The van der Waals surface area contributed by atoms with Crippen molar-refractivity contribution in [3.63, 3.8) is 0 Å². The first-order valence-electron chi connectivity index (χ1n) is 0.655. The van der Waals surface area contributed by atoms with Gasteiger partial charge in [0.25, 0.3) is 0 Å². The first-order chi connectivity index (χ1) is 3.00. The van der Waals surface area contributed by atoms with Gasteiger partial charge in [0.05, 0.1) is 0 Å². The average Bonchev–Trinajstić information content (AvgIpc) is 1.81. The third-order valence-electron chi connectivity index (χ3n) is 0. The summed E-state index contributed by atoms with van der Waals surface area (Å²) in [6.07, 6.45) is 0. The molecule has 0 atom stereocenters. The Morgan fingerprint density at radius 1 is 0.500 bits per heavy atom. The van der Waals surface area contributed by atoms with Crippen LogP contribution in [0, 0.1) is 0 Å². The maximum absolute atomic E-state index is 2.21. The molecule has 6 radical (unpaired) electrons. The van der Waals surface area contributed by atoms with Crippen LogP contribution in [0.25, 0.3) is 0 Å². The van der Waals surface area contributed by atoms with Crippen LogP contribution in [-0.2, 0) is 0 Å². The molecule has 0 saturated carbocycles. The molecule has 0 aromatic rings. The molecule has 0 amide bonds. The molecule has 0 aliphatic rings. The molecule has 0 rings (SSSR count). The molecule has 0 bridgehead atoms. The van der Waals surface area contributed by atoms with Crippen molar-refractivity contribution in [3.8, 4) is 0 Å². The van der Waals surface area contributed by atoms with Crippen LogP contribution in [0.5, 0.6) is 0 Å². The van der Waals surface area contributed by atoms with E-state index in [0.717, 1.165) is 0 Å². The Balaban J connectivity index is -0.0000000225. The van der Waals surface area contributed by atoms with Crippen LogP contribution in [0.15, 0.2) is 0 Å². The van der Waals surface area contributed by atoms with Crippen LogP contribution in [0.4, 0.5) is 0 Å². The van der Waals surface area contributed by atoms with Crippen LogP contribution in [-0.4, -0.2) is 45.2 Å². The van der Waals surface area contributed by atoms with Gasteiger partial charge in [-0.05, 0) is 0 Å². The Morgan fingerprint density at radius 2 is 0.500 bits per heavy atom. The van der Waals surface area contributed by atoms with Crippen LogP contribution in [0.2, 0.25) is 0 Å². The minimum atomic E-state index is 1.66. The van der Waals surface area contributed by atoms with Crippen molar-refractivity contribution in [2.75, 3.05) is 0 Å². The summed E-state index contributed by atoms with van der Waals surface area (Å²) in [4.78, 5) is 0. The second kappa shape index (κ2) is 35.5. The van der Waals surface area contributed by atoms with Gasteiger partial charge >= 0.3 is 104 Å². The molecule has 0 aromatic heterocycles. The molecule has 0 heterocycles. The van der Waals surface area contributed by atoms with Gasteiger partial charge in [-0.15, -0.1) is 0 Å². The first-order valence-corrected chi connectivity index (χ1v) is 22.8. The van der Waals surface area contributed by atoms with E-state index in [1.54, 1.807) is 45.2 Å². The van der Waals surface area contributed by atoms with Crippen molar-refractivity contribution in [1.82, 2.24) is 0 Å². The fraction of sp³-hybridized carbons (Fsp3) is 0. The van der Waals surface area contributed by atoms with Gasteiger partial charge in [0.2, 0.25) is 0 Å². The predicted molar refractivity (Wildman–Crippen MR) is 59.3 cm³/mol. The van der Waals surface area contributed by atoms with E-state index in [9.17, 15) is 0 Å². The Kier molecular flexibility index (Phi) is 98.2. The maximum atomic E-state index is 2.21. The van der Waals surface area contributed by atoms with Gasteiger partial charge in [-0.1, -0.05) is 0 Å². The van der Waals surface area contributed by atoms with E-state index in [2.05, 4.69) is 59.0 Å². The molecule has 0 aromatic carbocycles. The Morgan fingerprint density at radius 3 is 0.500 bits per heavy atom. The zero-order chi connectivity index (χ0) is 6.00. The molecule has 0 nitrogen and oxygen atoms in total. The van der Waals surface area contributed by atoms with Crippen LogP contribution >= 0.6 is 59.0 Å². The minimum absolute atomic E-state index is 1.66. The molecular formula is Ga3I3. The van der Waals surface area contributed by atoms with Crippen LogP contribution < -0.4 is 0 Å². The van der Waals surface area contributed by atoms with E-state index < -0.39 is 0 Å². The molecule has 0 fully saturated rings. The number of hydrogen-bond donors (Lipinski definition) is 0. The summed E-state index contributed by atoms with van der Waals surface area (Å²) < 4.78 is 0. The molecule has 0 unspecified atom stereocenters. The third-order valence-corrected chi connectivity index (χ3v) is 0. The summed E-state index contributed by atoms with van der Waals surface area (Å²) in [6, 6.07) is 0. The summed E-state index contributed by atoms with van der Waals surface area (Å²) in [5.74, 6) is 0. The standard InChI is InChI=1S/3Ga.3HI/h;;;3*1H/q3*+1;;;/p-3. The van der Waals surface area contributed by atoms with Crippen molar-refractivity contribution in [2.24, 2.45) is 0 Å². The zero-order valence-electron chi connectivity index (χ0n) is 2.87. The number of rotatable bonds is 0. The average molecular weight is 590 g/mol. The van der Waals surface area contributed by atoms with E-state index in [4.69, 9.17) is 0 Å². The van der Waals surface area contributed by atoms with E-state index in [0.29, 0.717) is 0 Å². The summed E-state index contributed by atoms with van der Waals surface area (Å²) >= 11 is 11.6. The normalized spacial score (nSPS) is 2.50. The van der Waals surface area contributed by atoms with Gasteiger partial charge in [0, 0.05) is 0 Å². The van der Waals surface area contributed by atoms with E-state index in [1.807, 2.05) is 0 Å². The van der Waals surface area contributed by atoms with Gasteiger partial charge in [0.15, 0.2) is 0 Å². The molecule has 6 heteroatoms. The molecule has 0 spiro atoms. The first kappa shape index (κ1) is 16.6. The van der Waals surface area contributed by atoms with Gasteiger partial charge in [0.1, 0.15) is 0 Å². The van der Waals surface area contributed by atoms with Gasteiger partial charge in [-0.3, -0.25) is 0 Å². The van der Waals surface area contributed by atoms with E-state index >= 15 is 0 Å². The number of halogens is 3. The molecular weight excluding hydrogens is 590 g/mol. The summed E-state index contributed by atoms with van der Waals surface area (Å²) in [6.45, 7) is 0. The molecule has 0 N–H and O–H groups in total.